The first kappa shape index (κ1) is 26.7. The zero-order valence-electron chi connectivity index (χ0n) is 18.8. The zero-order chi connectivity index (χ0) is 21.0. The number of amides is 1. The molecule has 0 spiro atoms. The highest BCUT2D eigenvalue weighted by Gasteiger charge is 2.33. The lowest BCUT2D eigenvalue weighted by molar-refractivity contribution is -0.116. The van der Waals surface area contributed by atoms with E-state index in [1.165, 1.54) is 25.7 Å². The summed E-state index contributed by atoms with van der Waals surface area (Å²) in [7, 11) is 1.80. The Bertz CT molecular complexity index is 660. The Morgan fingerprint density at radius 2 is 1.97 bits per heavy atom. The normalized spacial score (nSPS) is 15.4. The summed E-state index contributed by atoms with van der Waals surface area (Å²) in [6.07, 6.45) is 7.61. The molecule has 0 unspecified atom stereocenters. The number of nitrogens with one attached hydrogen (secondary N) is 3. The van der Waals surface area contributed by atoms with E-state index in [4.69, 9.17) is 4.74 Å². The predicted molar refractivity (Wildman–Crippen MR) is 136 cm³/mol. The second-order valence-corrected chi connectivity index (χ2v) is 7.93. The van der Waals surface area contributed by atoms with Crippen LogP contribution < -0.4 is 16.0 Å². The molecule has 1 aromatic carbocycles. The van der Waals surface area contributed by atoms with Crippen LogP contribution in [0.25, 0.3) is 0 Å². The van der Waals surface area contributed by atoms with Gasteiger partial charge in [0.05, 0.1) is 0 Å². The lowest BCUT2D eigenvalue weighted by Crippen LogP contribution is -2.43. The van der Waals surface area contributed by atoms with Gasteiger partial charge in [0, 0.05) is 45.5 Å². The van der Waals surface area contributed by atoms with Crippen LogP contribution >= 0.6 is 24.0 Å². The highest BCUT2D eigenvalue weighted by atomic mass is 127. The average Bonchev–Trinajstić information content (AvgIpc) is 3.18. The molecule has 1 aromatic rings. The SMILES string of the molecule is CCCC(=O)Nc1cccc(CNC(=NC)NCC2(CCOCC)CCCC2)c1.I. The number of hydrogen-bond acceptors (Lipinski definition) is 3. The number of nitrogens with zero attached hydrogens (tertiary/aromatic N) is 1. The van der Waals surface area contributed by atoms with Gasteiger partial charge in [0.25, 0.3) is 0 Å². The quantitative estimate of drug-likeness (QED) is 0.168. The summed E-state index contributed by atoms with van der Waals surface area (Å²) in [5.41, 5.74) is 2.26. The number of anilines is 1. The minimum atomic E-state index is 0. The maximum atomic E-state index is 11.8. The Morgan fingerprint density at radius 1 is 1.20 bits per heavy atom. The molecule has 1 aliphatic rings. The van der Waals surface area contributed by atoms with E-state index in [-0.39, 0.29) is 29.9 Å². The number of rotatable bonds is 11. The number of ether oxygens (including phenoxy) is 1. The van der Waals surface area contributed by atoms with Gasteiger partial charge < -0.3 is 20.7 Å². The van der Waals surface area contributed by atoms with Gasteiger partial charge in [-0.05, 0) is 55.7 Å². The van der Waals surface area contributed by atoms with Gasteiger partial charge in [-0.3, -0.25) is 9.79 Å². The summed E-state index contributed by atoms with van der Waals surface area (Å²) in [5.74, 6) is 0.872. The second kappa shape index (κ2) is 14.6. The number of carbonyl (C=O) groups is 1. The minimum Gasteiger partial charge on any atom is -0.382 e. The molecular formula is C23H39IN4O2. The number of benzene rings is 1. The van der Waals surface area contributed by atoms with Crippen LogP contribution in [0.3, 0.4) is 0 Å². The van der Waals surface area contributed by atoms with E-state index in [0.29, 0.717) is 18.4 Å². The first-order valence-corrected chi connectivity index (χ1v) is 11.0. The number of aliphatic imine (C=N–C) groups is 1. The highest BCUT2D eigenvalue weighted by Crippen LogP contribution is 2.40. The van der Waals surface area contributed by atoms with Crippen LogP contribution in [0.5, 0.6) is 0 Å². The van der Waals surface area contributed by atoms with Crippen LogP contribution in [0.15, 0.2) is 29.3 Å². The van der Waals surface area contributed by atoms with E-state index in [1.807, 2.05) is 25.1 Å². The minimum absolute atomic E-state index is 0. The monoisotopic (exact) mass is 530 g/mol. The first-order valence-electron chi connectivity index (χ1n) is 11.0. The molecule has 0 atom stereocenters. The van der Waals surface area contributed by atoms with Crippen molar-refractivity contribution in [3.05, 3.63) is 29.8 Å². The lowest BCUT2D eigenvalue weighted by Gasteiger charge is -2.30. The maximum Gasteiger partial charge on any atom is 0.224 e. The fraction of sp³-hybridized carbons (Fsp3) is 0.652. The Hall–Kier alpha value is -1.35. The lowest BCUT2D eigenvalue weighted by atomic mass is 9.83. The molecule has 3 N–H and O–H groups in total. The standard InChI is InChI=1S/C23H38N4O2.HI/c1-4-9-21(28)27-20-11-8-10-19(16-20)17-25-22(24-3)26-18-23(12-6-7-13-23)14-15-29-5-2;/h8,10-11,16H,4-7,9,12-15,17-18H2,1-3H3,(H,27,28)(H2,24,25,26);1H. The predicted octanol–water partition coefficient (Wildman–Crippen LogP) is 4.70. The molecule has 1 saturated carbocycles. The van der Waals surface area contributed by atoms with Crippen molar-refractivity contribution in [3.8, 4) is 0 Å². The fourth-order valence-electron chi connectivity index (χ4n) is 3.96. The number of guanidine groups is 1. The Kier molecular flexibility index (Phi) is 13.0. The third kappa shape index (κ3) is 9.20. The molecule has 0 bridgehead atoms. The summed E-state index contributed by atoms with van der Waals surface area (Å²) in [6.45, 7) is 7.25. The highest BCUT2D eigenvalue weighted by molar-refractivity contribution is 14.0. The molecule has 170 valence electrons. The average molecular weight is 530 g/mol. The van der Waals surface area contributed by atoms with Crippen molar-refractivity contribution in [1.82, 2.24) is 10.6 Å². The van der Waals surface area contributed by atoms with Crippen LogP contribution in [0.4, 0.5) is 5.69 Å². The van der Waals surface area contributed by atoms with Crippen molar-refractivity contribution in [2.24, 2.45) is 10.4 Å². The molecule has 0 heterocycles. The molecule has 6 nitrogen and oxygen atoms in total. The summed E-state index contributed by atoms with van der Waals surface area (Å²) < 4.78 is 5.61. The number of carbonyl (C=O) groups excluding carboxylic acids is 1. The van der Waals surface area contributed by atoms with E-state index in [0.717, 1.165) is 49.8 Å². The molecule has 0 aromatic heterocycles. The van der Waals surface area contributed by atoms with E-state index >= 15 is 0 Å². The van der Waals surface area contributed by atoms with Gasteiger partial charge in [-0.25, -0.2) is 0 Å². The Labute approximate surface area is 199 Å². The summed E-state index contributed by atoms with van der Waals surface area (Å²) in [4.78, 5) is 16.2. The van der Waals surface area contributed by atoms with E-state index in [9.17, 15) is 4.79 Å². The molecule has 1 amide bonds. The van der Waals surface area contributed by atoms with Gasteiger partial charge >= 0.3 is 0 Å². The molecule has 1 fully saturated rings. The summed E-state index contributed by atoms with van der Waals surface area (Å²) in [6, 6.07) is 7.95. The molecule has 7 heteroatoms. The van der Waals surface area contributed by atoms with Crippen molar-refractivity contribution < 1.29 is 9.53 Å². The molecule has 0 saturated heterocycles. The zero-order valence-corrected chi connectivity index (χ0v) is 21.1. The van der Waals surface area contributed by atoms with Crippen molar-refractivity contribution in [2.75, 3.05) is 32.1 Å². The molecular weight excluding hydrogens is 491 g/mol. The Balaban J connectivity index is 0.00000450. The summed E-state index contributed by atoms with van der Waals surface area (Å²) in [5, 5.41) is 9.87. The van der Waals surface area contributed by atoms with Crippen LogP contribution in [0, 0.1) is 5.41 Å². The topological polar surface area (TPSA) is 74.8 Å². The van der Waals surface area contributed by atoms with Crippen molar-refractivity contribution in [1.29, 1.82) is 0 Å². The van der Waals surface area contributed by atoms with E-state index in [2.05, 4.69) is 33.9 Å². The smallest absolute Gasteiger partial charge is 0.224 e. The van der Waals surface area contributed by atoms with Crippen LogP contribution in [0.1, 0.15) is 64.4 Å². The van der Waals surface area contributed by atoms with Crippen molar-refractivity contribution in [2.45, 2.75) is 65.3 Å². The second-order valence-electron chi connectivity index (χ2n) is 7.93. The number of hydrogen-bond donors (Lipinski definition) is 3. The van der Waals surface area contributed by atoms with Gasteiger partial charge in [-0.2, -0.15) is 0 Å². The van der Waals surface area contributed by atoms with Crippen LogP contribution in [-0.4, -0.2) is 38.7 Å². The third-order valence-corrected chi connectivity index (χ3v) is 5.65. The van der Waals surface area contributed by atoms with E-state index in [1.54, 1.807) is 7.05 Å². The van der Waals surface area contributed by atoms with Crippen molar-refractivity contribution >= 4 is 41.5 Å². The van der Waals surface area contributed by atoms with Gasteiger partial charge in [0.15, 0.2) is 5.96 Å². The largest absolute Gasteiger partial charge is 0.382 e. The molecule has 0 aliphatic heterocycles. The molecule has 1 aliphatic carbocycles. The van der Waals surface area contributed by atoms with Gasteiger partial charge in [0.2, 0.25) is 5.91 Å². The van der Waals surface area contributed by atoms with Gasteiger partial charge in [0.1, 0.15) is 0 Å². The van der Waals surface area contributed by atoms with Gasteiger partial charge in [-0.15, -0.1) is 24.0 Å². The fourth-order valence-corrected chi connectivity index (χ4v) is 3.96. The summed E-state index contributed by atoms with van der Waals surface area (Å²) >= 11 is 0. The van der Waals surface area contributed by atoms with Crippen LogP contribution in [-0.2, 0) is 16.1 Å². The number of halogens is 1. The van der Waals surface area contributed by atoms with E-state index < -0.39 is 0 Å². The Morgan fingerprint density at radius 3 is 2.63 bits per heavy atom. The maximum absolute atomic E-state index is 11.8. The van der Waals surface area contributed by atoms with Crippen molar-refractivity contribution in [3.63, 3.8) is 0 Å². The first-order chi connectivity index (χ1) is 14.1. The molecule has 0 radical (unpaired) electrons. The molecule has 2 rings (SSSR count). The van der Waals surface area contributed by atoms with Crippen LogP contribution in [0.2, 0.25) is 0 Å². The third-order valence-electron chi connectivity index (χ3n) is 5.65. The molecule has 30 heavy (non-hydrogen) atoms. The van der Waals surface area contributed by atoms with Gasteiger partial charge in [-0.1, -0.05) is 31.9 Å².